The molecule has 136 valence electrons. The van der Waals surface area contributed by atoms with E-state index >= 15 is 0 Å². The van der Waals surface area contributed by atoms with Gasteiger partial charge in [0.2, 0.25) is 0 Å². The number of nitrogens with zero attached hydrogens (tertiary/aromatic N) is 2. The zero-order chi connectivity index (χ0) is 17.6. The molecule has 2 aliphatic heterocycles. The first-order chi connectivity index (χ1) is 12.1. The van der Waals surface area contributed by atoms with Gasteiger partial charge in [0.1, 0.15) is 11.9 Å². The van der Waals surface area contributed by atoms with Crippen LogP contribution in [-0.2, 0) is 6.54 Å². The Morgan fingerprint density at radius 3 is 2.60 bits per heavy atom. The standard InChI is InChI=1S/C20H29N3O2/c1-16-4-3-11-23(15-16)20(24)21-14-17-5-7-18(8-6-17)25-19-9-12-22(2)13-10-19/h4-8,19H,3,9-15H2,1-2H3,(H,21,24). The van der Waals surface area contributed by atoms with Crippen LogP contribution < -0.4 is 10.1 Å². The van der Waals surface area contributed by atoms with E-state index in [-0.39, 0.29) is 6.03 Å². The number of benzene rings is 1. The van der Waals surface area contributed by atoms with Gasteiger partial charge in [-0.15, -0.1) is 0 Å². The molecule has 1 fully saturated rings. The molecule has 5 nitrogen and oxygen atoms in total. The maximum Gasteiger partial charge on any atom is 0.317 e. The van der Waals surface area contributed by atoms with Crippen LogP contribution in [0.2, 0.25) is 0 Å². The zero-order valence-electron chi connectivity index (χ0n) is 15.3. The van der Waals surface area contributed by atoms with E-state index in [4.69, 9.17) is 4.74 Å². The summed E-state index contributed by atoms with van der Waals surface area (Å²) in [5, 5.41) is 3.01. The minimum atomic E-state index is 0.0131. The number of piperidine rings is 1. The molecule has 0 unspecified atom stereocenters. The molecule has 0 saturated carbocycles. The average Bonchev–Trinajstić information content (AvgIpc) is 2.63. The van der Waals surface area contributed by atoms with Crippen LogP contribution in [0.4, 0.5) is 4.79 Å². The molecule has 5 heteroatoms. The molecule has 1 aromatic rings. The van der Waals surface area contributed by atoms with E-state index in [1.165, 1.54) is 5.57 Å². The van der Waals surface area contributed by atoms with Gasteiger partial charge in [-0.1, -0.05) is 23.8 Å². The fourth-order valence-electron chi connectivity index (χ4n) is 3.36. The molecule has 0 atom stereocenters. The lowest BCUT2D eigenvalue weighted by Gasteiger charge is -2.29. The van der Waals surface area contributed by atoms with E-state index in [1.807, 2.05) is 29.2 Å². The molecule has 1 saturated heterocycles. The van der Waals surface area contributed by atoms with Gasteiger partial charge in [-0.2, -0.15) is 0 Å². The molecule has 1 N–H and O–H groups in total. The normalized spacial score (nSPS) is 19.4. The summed E-state index contributed by atoms with van der Waals surface area (Å²) >= 11 is 0. The number of nitrogens with one attached hydrogen (secondary N) is 1. The van der Waals surface area contributed by atoms with E-state index in [2.05, 4.69) is 30.3 Å². The molecule has 0 radical (unpaired) electrons. The molecule has 1 aromatic carbocycles. The van der Waals surface area contributed by atoms with Gasteiger partial charge >= 0.3 is 6.03 Å². The van der Waals surface area contributed by atoms with Gasteiger partial charge in [-0.25, -0.2) is 4.79 Å². The maximum absolute atomic E-state index is 12.2. The minimum Gasteiger partial charge on any atom is -0.490 e. The average molecular weight is 343 g/mol. The Balaban J connectivity index is 1.44. The van der Waals surface area contributed by atoms with Gasteiger partial charge in [0.15, 0.2) is 0 Å². The SMILES string of the molecule is CC1=CCCN(C(=O)NCc2ccc(OC3CCN(C)CC3)cc2)C1. The van der Waals surface area contributed by atoms with E-state index < -0.39 is 0 Å². The van der Waals surface area contributed by atoms with E-state index in [9.17, 15) is 4.79 Å². The summed E-state index contributed by atoms with van der Waals surface area (Å²) in [5.74, 6) is 0.918. The molecule has 25 heavy (non-hydrogen) atoms. The van der Waals surface area contributed by atoms with Gasteiger partial charge in [0.25, 0.3) is 0 Å². The topological polar surface area (TPSA) is 44.8 Å². The van der Waals surface area contributed by atoms with Crippen molar-refractivity contribution in [1.29, 1.82) is 0 Å². The molecular weight excluding hydrogens is 314 g/mol. The summed E-state index contributed by atoms with van der Waals surface area (Å²) in [4.78, 5) is 16.4. The summed E-state index contributed by atoms with van der Waals surface area (Å²) in [6.45, 7) is 6.34. The van der Waals surface area contributed by atoms with Crippen LogP contribution in [0, 0.1) is 0 Å². The molecular formula is C20H29N3O2. The smallest absolute Gasteiger partial charge is 0.317 e. The molecule has 0 bridgehead atoms. The molecule has 2 amide bonds. The van der Waals surface area contributed by atoms with Crippen LogP contribution in [0.3, 0.4) is 0 Å². The molecule has 0 aromatic heterocycles. The number of carbonyl (C=O) groups excluding carboxylic acids is 1. The molecule has 0 aliphatic carbocycles. The van der Waals surface area contributed by atoms with Crippen molar-refractivity contribution in [2.24, 2.45) is 0 Å². The number of rotatable bonds is 4. The van der Waals surface area contributed by atoms with Crippen LogP contribution in [0.5, 0.6) is 5.75 Å². The van der Waals surface area contributed by atoms with Crippen LogP contribution in [0.25, 0.3) is 0 Å². The van der Waals surface area contributed by atoms with Crippen LogP contribution >= 0.6 is 0 Å². The van der Waals surface area contributed by atoms with Crippen LogP contribution in [0.1, 0.15) is 31.7 Å². The lowest BCUT2D eigenvalue weighted by molar-refractivity contribution is 0.114. The highest BCUT2D eigenvalue weighted by Crippen LogP contribution is 2.19. The first-order valence-corrected chi connectivity index (χ1v) is 9.23. The number of urea groups is 1. The number of likely N-dealkylation sites (tertiary alicyclic amines) is 1. The summed E-state index contributed by atoms with van der Waals surface area (Å²) in [5.41, 5.74) is 2.35. The van der Waals surface area contributed by atoms with Crippen molar-refractivity contribution < 1.29 is 9.53 Å². The lowest BCUT2D eigenvalue weighted by Crippen LogP contribution is -2.42. The fraction of sp³-hybridized carbons (Fsp3) is 0.550. The third-order valence-corrected chi connectivity index (χ3v) is 4.95. The quantitative estimate of drug-likeness (QED) is 0.855. The van der Waals surface area contributed by atoms with Crippen LogP contribution in [0.15, 0.2) is 35.9 Å². The summed E-state index contributed by atoms with van der Waals surface area (Å²) in [6.07, 6.45) is 5.63. The van der Waals surface area contributed by atoms with Gasteiger partial charge in [-0.3, -0.25) is 0 Å². The second kappa shape index (κ2) is 8.39. The summed E-state index contributed by atoms with van der Waals surface area (Å²) in [6, 6.07) is 8.10. The predicted octanol–water partition coefficient (Wildman–Crippen LogP) is 3.02. The zero-order valence-corrected chi connectivity index (χ0v) is 15.3. The van der Waals surface area contributed by atoms with E-state index in [1.54, 1.807) is 0 Å². The monoisotopic (exact) mass is 343 g/mol. The number of amides is 2. The predicted molar refractivity (Wildman–Crippen MR) is 99.8 cm³/mol. The van der Waals surface area contributed by atoms with Crippen molar-refractivity contribution in [3.8, 4) is 5.75 Å². The number of hydrogen-bond acceptors (Lipinski definition) is 3. The number of ether oxygens (including phenoxy) is 1. The van der Waals surface area contributed by atoms with Gasteiger partial charge < -0.3 is 19.9 Å². The summed E-state index contributed by atoms with van der Waals surface area (Å²) < 4.78 is 6.06. The molecule has 0 spiro atoms. The maximum atomic E-state index is 12.2. The highest BCUT2D eigenvalue weighted by molar-refractivity contribution is 5.74. The fourth-order valence-corrected chi connectivity index (χ4v) is 3.36. The molecule has 2 heterocycles. The second-order valence-corrected chi connectivity index (χ2v) is 7.18. The Labute approximate surface area is 150 Å². The van der Waals surface area contributed by atoms with Crippen molar-refractivity contribution in [3.63, 3.8) is 0 Å². The molecule has 2 aliphatic rings. The first kappa shape index (κ1) is 17.8. The van der Waals surface area contributed by atoms with Crippen molar-refractivity contribution in [1.82, 2.24) is 15.1 Å². The third kappa shape index (κ3) is 5.23. The highest BCUT2D eigenvalue weighted by atomic mass is 16.5. The summed E-state index contributed by atoms with van der Waals surface area (Å²) in [7, 11) is 2.15. The van der Waals surface area contributed by atoms with Crippen molar-refractivity contribution in [3.05, 3.63) is 41.5 Å². The van der Waals surface area contributed by atoms with Gasteiger partial charge in [0, 0.05) is 32.7 Å². The largest absolute Gasteiger partial charge is 0.490 e. The Morgan fingerprint density at radius 2 is 1.92 bits per heavy atom. The minimum absolute atomic E-state index is 0.0131. The highest BCUT2D eigenvalue weighted by Gasteiger charge is 2.18. The Hall–Kier alpha value is -2.01. The second-order valence-electron chi connectivity index (χ2n) is 7.18. The van der Waals surface area contributed by atoms with Crippen molar-refractivity contribution >= 4 is 6.03 Å². The third-order valence-electron chi connectivity index (χ3n) is 4.95. The van der Waals surface area contributed by atoms with Gasteiger partial charge in [-0.05, 0) is 50.9 Å². The van der Waals surface area contributed by atoms with Crippen molar-refractivity contribution in [2.45, 2.75) is 38.8 Å². The van der Waals surface area contributed by atoms with E-state index in [0.717, 1.165) is 56.8 Å². The van der Waals surface area contributed by atoms with E-state index in [0.29, 0.717) is 12.6 Å². The Morgan fingerprint density at radius 1 is 1.20 bits per heavy atom. The van der Waals surface area contributed by atoms with Crippen molar-refractivity contribution in [2.75, 3.05) is 33.2 Å². The first-order valence-electron chi connectivity index (χ1n) is 9.23. The Bertz CT molecular complexity index is 604. The van der Waals surface area contributed by atoms with Gasteiger partial charge in [0.05, 0.1) is 0 Å². The number of carbonyl (C=O) groups is 1. The lowest BCUT2D eigenvalue weighted by atomic mass is 10.1. The van der Waals surface area contributed by atoms with Crippen LogP contribution in [-0.4, -0.2) is 55.2 Å². The number of hydrogen-bond donors (Lipinski definition) is 1. The molecule has 3 rings (SSSR count). The Kier molecular flexibility index (Phi) is 5.97.